The van der Waals surface area contributed by atoms with Gasteiger partial charge in [0, 0.05) is 19.5 Å². The number of anilines is 1. The summed E-state index contributed by atoms with van der Waals surface area (Å²) in [6, 6.07) is 14.8. The molecule has 0 radical (unpaired) electrons. The average molecular weight is 501 g/mol. The van der Waals surface area contributed by atoms with E-state index in [9.17, 15) is 18.0 Å². The van der Waals surface area contributed by atoms with Crippen LogP contribution in [-0.4, -0.2) is 63.0 Å². The van der Waals surface area contributed by atoms with E-state index in [1.54, 1.807) is 60.4 Å². The van der Waals surface area contributed by atoms with E-state index in [4.69, 9.17) is 14.2 Å². The van der Waals surface area contributed by atoms with E-state index >= 15 is 0 Å². The second kappa shape index (κ2) is 9.16. The predicted octanol–water partition coefficient (Wildman–Crippen LogP) is 2.95. The molecule has 0 saturated carbocycles. The van der Waals surface area contributed by atoms with E-state index in [0.717, 1.165) is 4.31 Å². The zero-order chi connectivity index (χ0) is 24.6. The van der Waals surface area contributed by atoms with Crippen molar-refractivity contribution in [2.45, 2.75) is 38.5 Å². The van der Waals surface area contributed by atoms with Gasteiger partial charge in [-0.15, -0.1) is 0 Å². The molecule has 2 atom stereocenters. The summed E-state index contributed by atoms with van der Waals surface area (Å²) in [4.78, 5) is 27.2. The van der Waals surface area contributed by atoms with Crippen molar-refractivity contribution in [3.8, 4) is 5.75 Å². The van der Waals surface area contributed by atoms with Crippen LogP contribution in [0.3, 0.4) is 0 Å². The third-order valence-electron chi connectivity index (χ3n) is 6.82. The zero-order valence-electron chi connectivity index (χ0n) is 19.5. The standard InChI is InChI=1S/C25H28N2O7S/c1-18-21(11-12-23(28)26-14-25(15-26)16-32-17-25)34-22-10-6-5-9-20(22)27(18)35(30,31)24(29)33-13-19-7-3-2-4-8-19/h2-10,18,21H,11-17H2,1H3/t18-,21?/m1/s1. The monoisotopic (exact) mass is 500 g/mol. The van der Waals surface area contributed by atoms with Crippen LogP contribution in [0.25, 0.3) is 0 Å². The van der Waals surface area contributed by atoms with Crippen LogP contribution < -0.4 is 9.04 Å². The molecule has 9 nitrogen and oxygen atoms in total. The second-order valence-electron chi connectivity index (χ2n) is 9.47. The number of rotatable bonds is 6. The number of hydrogen-bond acceptors (Lipinski definition) is 7. The topological polar surface area (TPSA) is 102 Å². The summed E-state index contributed by atoms with van der Waals surface area (Å²) in [5.41, 5.74) is 1.09. The molecular formula is C25H28N2O7S. The zero-order valence-corrected chi connectivity index (χ0v) is 20.3. The molecule has 186 valence electrons. The van der Waals surface area contributed by atoms with Crippen molar-refractivity contribution in [2.24, 2.45) is 5.41 Å². The fourth-order valence-electron chi connectivity index (χ4n) is 4.83. The number of para-hydroxylation sites is 2. The maximum Gasteiger partial charge on any atom is 0.445 e. The van der Waals surface area contributed by atoms with E-state index < -0.39 is 27.5 Å². The van der Waals surface area contributed by atoms with Crippen molar-refractivity contribution in [3.63, 3.8) is 0 Å². The van der Waals surface area contributed by atoms with Gasteiger partial charge < -0.3 is 19.1 Å². The van der Waals surface area contributed by atoms with Gasteiger partial charge in [-0.1, -0.05) is 42.5 Å². The van der Waals surface area contributed by atoms with Crippen molar-refractivity contribution in [1.82, 2.24) is 4.90 Å². The Hall–Kier alpha value is -3.11. The van der Waals surface area contributed by atoms with Gasteiger partial charge in [0.1, 0.15) is 18.5 Å². The molecule has 1 amide bonds. The highest BCUT2D eigenvalue weighted by Gasteiger charge is 2.50. The predicted molar refractivity (Wildman–Crippen MR) is 127 cm³/mol. The number of nitrogens with zero attached hydrogens (tertiary/aromatic N) is 2. The Labute approximate surface area is 204 Å². The van der Waals surface area contributed by atoms with Gasteiger partial charge in [-0.05, 0) is 31.0 Å². The van der Waals surface area contributed by atoms with E-state index in [0.29, 0.717) is 44.0 Å². The third kappa shape index (κ3) is 4.48. The Kier molecular flexibility index (Phi) is 6.18. The Balaban J connectivity index is 1.28. The smallest absolute Gasteiger partial charge is 0.445 e. The van der Waals surface area contributed by atoms with Gasteiger partial charge in [0.05, 0.1) is 30.4 Å². The van der Waals surface area contributed by atoms with E-state index in [2.05, 4.69) is 0 Å². The lowest BCUT2D eigenvalue weighted by atomic mass is 9.78. The minimum Gasteiger partial charge on any atom is -0.486 e. The highest BCUT2D eigenvalue weighted by atomic mass is 32.2. The SMILES string of the molecule is C[C@@H]1C(CCC(=O)N2CC3(COC3)C2)Oc2ccccc2N1S(=O)(=O)C(=O)OCc1ccccc1. The summed E-state index contributed by atoms with van der Waals surface area (Å²) >= 11 is 0. The first kappa shape index (κ1) is 23.6. The van der Waals surface area contributed by atoms with Crippen molar-refractivity contribution in [2.75, 3.05) is 30.6 Å². The second-order valence-corrected chi connectivity index (χ2v) is 11.1. The molecule has 0 aromatic heterocycles. The summed E-state index contributed by atoms with van der Waals surface area (Å²) in [5, 5.41) is -1.33. The third-order valence-corrected chi connectivity index (χ3v) is 8.41. The van der Waals surface area contributed by atoms with Crippen LogP contribution in [0.2, 0.25) is 0 Å². The van der Waals surface area contributed by atoms with Crippen LogP contribution >= 0.6 is 0 Å². The highest BCUT2D eigenvalue weighted by Crippen LogP contribution is 2.40. The van der Waals surface area contributed by atoms with Crippen LogP contribution in [0.5, 0.6) is 5.75 Å². The van der Waals surface area contributed by atoms with Gasteiger partial charge in [0.25, 0.3) is 0 Å². The van der Waals surface area contributed by atoms with Gasteiger partial charge in [0.2, 0.25) is 5.91 Å². The molecule has 3 aliphatic heterocycles. The molecule has 1 unspecified atom stereocenters. The molecule has 3 heterocycles. The summed E-state index contributed by atoms with van der Waals surface area (Å²) < 4.78 is 44.3. The Morgan fingerprint density at radius 3 is 2.43 bits per heavy atom. The summed E-state index contributed by atoms with van der Waals surface area (Å²) in [6.07, 6.45) is -0.0623. The van der Waals surface area contributed by atoms with Crippen molar-refractivity contribution in [3.05, 3.63) is 60.2 Å². The number of likely N-dealkylation sites (tertiary alicyclic amines) is 1. The maximum atomic E-state index is 13.3. The van der Waals surface area contributed by atoms with Crippen molar-refractivity contribution < 1.29 is 32.2 Å². The molecular weight excluding hydrogens is 472 g/mol. The van der Waals surface area contributed by atoms with E-state index in [1.807, 2.05) is 6.07 Å². The number of sulfonamides is 1. The van der Waals surface area contributed by atoms with Gasteiger partial charge >= 0.3 is 15.3 Å². The summed E-state index contributed by atoms with van der Waals surface area (Å²) in [6.45, 7) is 4.32. The molecule has 10 heteroatoms. The quantitative estimate of drug-likeness (QED) is 0.562. The van der Waals surface area contributed by atoms with E-state index in [-0.39, 0.29) is 30.0 Å². The molecule has 0 N–H and O–H groups in total. The number of carbonyl (C=O) groups excluding carboxylic acids is 2. The lowest BCUT2D eigenvalue weighted by molar-refractivity contribution is -0.195. The van der Waals surface area contributed by atoms with Crippen LogP contribution in [0, 0.1) is 5.41 Å². The fraction of sp³-hybridized carbons (Fsp3) is 0.440. The number of carbonyl (C=O) groups is 2. The van der Waals surface area contributed by atoms with Crippen LogP contribution in [-0.2, 0) is 30.9 Å². The molecule has 3 aliphatic rings. The van der Waals surface area contributed by atoms with Crippen LogP contribution in [0.15, 0.2) is 54.6 Å². The normalized spacial score (nSPS) is 22.4. The van der Waals surface area contributed by atoms with Gasteiger partial charge in [0.15, 0.2) is 0 Å². The van der Waals surface area contributed by atoms with Gasteiger partial charge in [-0.25, -0.2) is 4.79 Å². The largest absolute Gasteiger partial charge is 0.486 e. The first-order valence-corrected chi connectivity index (χ1v) is 13.1. The minimum absolute atomic E-state index is 0.00821. The number of ether oxygens (including phenoxy) is 3. The molecule has 1 spiro atoms. The molecule has 2 saturated heterocycles. The van der Waals surface area contributed by atoms with Crippen LogP contribution in [0.1, 0.15) is 25.3 Å². The lowest BCUT2D eigenvalue weighted by Crippen LogP contribution is -2.67. The highest BCUT2D eigenvalue weighted by molar-refractivity contribution is 8.06. The molecule has 0 bridgehead atoms. The summed E-state index contributed by atoms with van der Waals surface area (Å²) in [7, 11) is -4.50. The molecule has 0 aliphatic carbocycles. The Morgan fingerprint density at radius 2 is 1.74 bits per heavy atom. The first-order chi connectivity index (χ1) is 16.8. The number of hydrogen-bond donors (Lipinski definition) is 0. The van der Waals surface area contributed by atoms with Gasteiger partial charge in [-0.2, -0.15) is 8.42 Å². The molecule has 2 fully saturated rings. The molecule has 2 aromatic carbocycles. The maximum absolute atomic E-state index is 13.3. The molecule has 2 aromatic rings. The van der Waals surface area contributed by atoms with E-state index in [1.165, 1.54) is 0 Å². The fourth-order valence-corrected chi connectivity index (χ4v) is 6.18. The summed E-state index contributed by atoms with van der Waals surface area (Å²) in [5.74, 6) is 0.353. The number of benzene rings is 2. The Morgan fingerprint density at radius 1 is 1.06 bits per heavy atom. The van der Waals surface area contributed by atoms with Crippen molar-refractivity contribution >= 4 is 26.9 Å². The first-order valence-electron chi connectivity index (χ1n) is 11.7. The molecule has 35 heavy (non-hydrogen) atoms. The van der Waals surface area contributed by atoms with Crippen molar-refractivity contribution in [1.29, 1.82) is 0 Å². The number of fused-ring (bicyclic) bond motifs is 1. The number of amides is 1. The van der Waals surface area contributed by atoms with Gasteiger partial charge in [-0.3, -0.25) is 9.10 Å². The Bertz CT molecular complexity index is 1210. The average Bonchev–Trinajstić information content (AvgIpc) is 2.79. The van der Waals surface area contributed by atoms with Crippen LogP contribution in [0.4, 0.5) is 10.5 Å². The lowest BCUT2D eigenvalue weighted by Gasteiger charge is -2.55. The minimum atomic E-state index is -4.50. The molecule has 5 rings (SSSR count).